The van der Waals surface area contributed by atoms with Crippen LogP contribution in [-0.4, -0.2) is 36.0 Å². The van der Waals surface area contributed by atoms with E-state index in [1.807, 2.05) is 6.92 Å². The SMILES string of the molecule is CCCCN=CC(C(=O)OCC)C(=O)c1c(F)c(C)c(F)c(F)c1[N+](=O)[O-]. The van der Waals surface area contributed by atoms with Gasteiger partial charge in [-0.1, -0.05) is 13.3 Å². The summed E-state index contributed by atoms with van der Waals surface area (Å²) >= 11 is 0. The van der Waals surface area contributed by atoms with Gasteiger partial charge in [-0.2, -0.15) is 4.39 Å². The van der Waals surface area contributed by atoms with Gasteiger partial charge in [0.15, 0.2) is 17.5 Å². The van der Waals surface area contributed by atoms with Gasteiger partial charge in [0.1, 0.15) is 11.4 Å². The largest absolute Gasteiger partial charge is 0.465 e. The summed E-state index contributed by atoms with van der Waals surface area (Å²) in [7, 11) is 0. The van der Waals surface area contributed by atoms with Crippen LogP contribution < -0.4 is 0 Å². The van der Waals surface area contributed by atoms with E-state index in [0.29, 0.717) is 6.42 Å². The van der Waals surface area contributed by atoms with Crippen molar-refractivity contribution >= 4 is 23.7 Å². The Morgan fingerprint density at radius 1 is 1.22 bits per heavy atom. The molecule has 0 aliphatic rings. The number of nitro groups is 1. The van der Waals surface area contributed by atoms with E-state index in [0.717, 1.165) is 19.6 Å². The minimum Gasteiger partial charge on any atom is -0.465 e. The molecule has 1 aromatic rings. The number of carbonyl (C=O) groups excluding carboxylic acids is 2. The topological polar surface area (TPSA) is 98.9 Å². The zero-order chi connectivity index (χ0) is 20.7. The molecule has 1 atom stereocenters. The number of ketones is 1. The van der Waals surface area contributed by atoms with Crippen LogP contribution in [0.2, 0.25) is 0 Å². The Balaban J connectivity index is 3.54. The van der Waals surface area contributed by atoms with Crippen molar-refractivity contribution in [2.24, 2.45) is 10.9 Å². The Kier molecular flexibility index (Phi) is 8.07. The van der Waals surface area contributed by atoms with Gasteiger partial charge in [0.05, 0.1) is 11.5 Å². The van der Waals surface area contributed by atoms with Crippen molar-refractivity contribution in [1.82, 2.24) is 0 Å². The molecular formula is C17H19F3N2O5. The maximum Gasteiger partial charge on any atom is 0.322 e. The highest BCUT2D eigenvalue weighted by Gasteiger charge is 2.39. The normalized spacial score (nSPS) is 12.2. The Bertz CT molecular complexity index is 781. The van der Waals surface area contributed by atoms with Gasteiger partial charge in [-0.25, -0.2) is 8.78 Å². The summed E-state index contributed by atoms with van der Waals surface area (Å²) in [5, 5.41) is 11.1. The van der Waals surface area contributed by atoms with Crippen molar-refractivity contribution in [3.63, 3.8) is 0 Å². The van der Waals surface area contributed by atoms with Crippen molar-refractivity contribution in [3.8, 4) is 0 Å². The first kappa shape index (κ1) is 22.3. The second kappa shape index (κ2) is 9.79. The fourth-order valence-electron chi connectivity index (χ4n) is 2.21. The van der Waals surface area contributed by atoms with Gasteiger partial charge in [0, 0.05) is 18.3 Å². The summed E-state index contributed by atoms with van der Waals surface area (Å²) in [5.74, 6) is -9.74. The molecule has 0 aliphatic carbocycles. The number of aliphatic imine (C=N–C) groups is 1. The molecule has 1 rings (SSSR count). The zero-order valence-electron chi connectivity index (χ0n) is 15.1. The molecule has 0 spiro atoms. The van der Waals surface area contributed by atoms with E-state index in [4.69, 9.17) is 4.74 Å². The number of unbranched alkanes of at least 4 members (excludes halogenated alkanes) is 1. The van der Waals surface area contributed by atoms with Gasteiger partial charge >= 0.3 is 11.7 Å². The highest BCUT2D eigenvalue weighted by molar-refractivity contribution is 6.20. The molecule has 0 fully saturated rings. The molecule has 0 N–H and O–H groups in total. The van der Waals surface area contributed by atoms with Crippen LogP contribution in [0.4, 0.5) is 18.9 Å². The summed E-state index contributed by atoms with van der Waals surface area (Å²) in [4.78, 5) is 38.3. The van der Waals surface area contributed by atoms with Crippen LogP contribution in [0.3, 0.4) is 0 Å². The fourth-order valence-corrected chi connectivity index (χ4v) is 2.21. The van der Waals surface area contributed by atoms with Crippen LogP contribution in [0.15, 0.2) is 4.99 Å². The molecule has 0 radical (unpaired) electrons. The van der Waals surface area contributed by atoms with Gasteiger partial charge in [-0.3, -0.25) is 24.7 Å². The minimum absolute atomic E-state index is 0.118. The van der Waals surface area contributed by atoms with Crippen LogP contribution in [-0.2, 0) is 9.53 Å². The standard InChI is InChI=1S/C17H19F3N2O5/c1-4-6-7-21-8-10(17(24)27-5-2)16(23)11-12(18)9(3)13(19)14(20)15(11)22(25)26/h8,10H,4-7H2,1-3H3. The number of Topliss-reactive ketones (excluding diaryl/α,β-unsaturated/α-hetero) is 1. The summed E-state index contributed by atoms with van der Waals surface area (Å²) in [6.07, 6.45) is 2.30. The van der Waals surface area contributed by atoms with Gasteiger partial charge < -0.3 is 4.74 Å². The molecule has 0 amide bonds. The van der Waals surface area contributed by atoms with Gasteiger partial charge in [0.25, 0.3) is 0 Å². The highest BCUT2D eigenvalue weighted by atomic mass is 19.2. The van der Waals surface area contributed by atoms with Crippen LogP contribution in [0.1, 0.15) is 42.6 Å². The van der Waals surface area contributed by atoms with Gasteiger partial charge in [-0.15, -0.1) is 0 Å². The van der Waals surface area contributed by atoms with Gasteiger partial charge in [-0.05, 0) is 20.3 Å². The molecule has 10 heteroatoms. The lowest BCUT2D eigenvalue weighted by atomic mass is 9.94. The first-order chi connectivity index (χ1) is 12.7. The lowest BCUT2D eigenvalue weighted by Gasteiger charge is -2.13. The molecule has 1 aromatic carbocycles. The molecule has 148 valence electrons. The molecule has 0 saturated carbocycles. The monoisotopic (exact) mass is 388 g/mol. The van der Waals surface area contributed by atoms with Crippen molar-refractivity contribution in [1.29, 1.82) is 0 Å². The first-order valence-electron chi connectivity index (χ1n) is 8.21. The molecule has 0 aliphatic heterocycles. The average Bonchev–Trinajstić information content (AvgIpc) is 2.62. The Morgan fingerprint density at radius 2 is 1.85 bits per heavy atom. The number of hydrogen-bond donors (Lipinski definition) is 0. The first-order valence-corrected chi connectivity index (χ1v) is 8.21. The minimum atomic E-state index is -1.98. The van der Waals surface area contributed by atoms with E-state index in [2.05, 4.69) is 4.99 Å². The number of nitro benzene ring substituents is 1. The number of benzene rings is 1. The fraction of sp³-hybridized carbons (Fsp3) is 0.471. The lowest BCUT2D eigenvalue weighted by Crippen LogP contribution is -2.30. The number of halogens is 3. The number of esters is 1. The summed E-state index contributed by atoms with van der Waals surface area (Å²) < 4.78 is 46.8. The van der Waals surface area contributed by atoms with Crippen LogP contribution in [0, 0.1) is 40.4 Å². The van der Waals surface area contributed by atoms with Gasteiger partial charge in [0.2, 0.25) is 5.82 Å². The molecule has 1 unspecified atom stereocenters. The molecular weight excluding hydrogens is 369 g/mol. The maximum absolute atomic E-state index is 14.4. The zero-order valence-corrected chi connectivity index (χ0v) is 15.1. The molecule has 0 heterocycles. The molecule has 27 heavy (non-hydrogen) atoms. The van der Waals surface area contributed by atoms with E-state index in [9.17, 15) is 32.9 Å². The number of ether oxygens (including phenoxy) is 1. The maximum atomic E-state index is 14.4. The van der Waals surface area contributed by atoms with E-state index in [1.54, 1.807) is 0 Å². The van der Waals surface area contributed by atoms with Crippen LogP contribution in [0.25, 0.3) is 0 Å². The molecule has 0 bridgehead atoms. The second-order valence-electron chi connectivity index (χ2n) is 5.55. The summed E-state index contributed by atoms with van der Waals surface area (Å²) in [6, 6.07) is 0. The van der Waals surface area contributed by atoms with Crippen molar-refractivity contribution in [3.05, 3.63) is 38.7 Å². The predicted molar refractivity (Wildman–Crippen MR) is 90.4 cm³/mol. The van der Waals surface area contributed by atoms with Crippen LogP contribution >= 0.6 is 0 Å². The number of nitrogens with zero attached hydrogens (tertiary/aromatic N) is 2. The Morgan fingerprint density at radius 3 is 2.37 bits per heavy atom. The van der Waals surface area contributed by atoms with E-state index < -0.39 is 56.9 Å². The van der Waals surface area contributed by atoms with E-state index in [-0.39, 0.29) is 13.2 Å². The molecule has 7 nitrogen and oxygen atoms in total. The van der Waals surface area contributed by atoms with Crippen molar-refractivity contribution < 1.29 is 32.4 Å². The predicted octanol–water partition coefficient (Wildman–Crippen LogP) is 3.55. The third-order valence-electron chi connectivity index (χ3n) is 3.66. The Hall–Kier alpha value is -2.78. The van der Waals surface area contributed by atoms with Crippen molar-refractivity contribution in [2.45, 2.75) is 33.6 Å². The second-order valence-corrected chi connectivity index (χ2v) is 5.55. The summed E-state index contributed by atoms with van der Waals surface area (Å²) in [6.45, 7) is 4.29. The summed E-state index contributed by atoms with van der Waals surface area (Å²) in [5.41, 5.74) is -3.90. The number of carbonyl (C=O) groups is 2. The number of hydrogen-bond acceptors (Lipinski definition) is 6. The smallest absolute Gasteiger partial charge is 0.322 e. The average molecular weight is 388 g/mol. The van der Waals surface area contributed by atoms with Crippen molar-refractivity contribution in [2.75, 3.05) is 13.2 Å². The lowest BCUT2D eigenvalue weighted by molar-refractivity contribution is -0.388. The molecule has 0 aromatic heterocycles. The molecule has 0 saturated heterocycles. The third kappa shape index (κ3) is 4.89. The third-order valence-corrected chi connectivity index (χ3v) is 3.66. The number of rotatable bonds is 9. The van der Waals surface area contributed by atoms with Crippen LogP contribution in [0.5, 0.6) is 0 Å². The van der Waals surface area contributed by atoms with E-state index in [1.165, 1.54) is 6.92 Å². The van der Waals surface area contributed by atoms with E-state index >= 15 is 0 Å². The Labute approximate surface area is 153 Å². The quantitative estimate of drug-likeness (QED) is 0.0941. The highest BCUT2D eigenvalue weighted by Crippen LogP contribution is 2.32.